The molecule has 0 radical (unpaired) electrons. The number of aliphatic hydroxyl groups is 1. The lowest BCUT2D eigenvalue weighted by Crippen LogP contribution is -2.36. The van der Waals surface area contributed by atoms with Crippen molar-refractivity contribution < 1.29 is 9.90 Å². The van der Waals surface area contributed by atoms with Crippen LogP contribution >= 0.6 is 11.8 Å². The zero-order valence-electron chi connectivity index (χ0n) is 9.66. The van der Waals surface area contributed by atoms with Crippen molar-refractivity contribution >= 4 is 17.7 Å². The maximum absolute atomic E-state index is 11.3. The Kier molecular flexibility index (Phi) is 10.1. The lowest BCUT2D eigenvalue weighted by atomic mass is 10.5. The fraction of sp³-hybridized carbons (Fsp3) is 0.900. The Hall–Kier alpha value is -0.260. The van der Waals surface area contributed by atoms with Gasteiger partial charge in [-0.25, -0.2) is 0 Å². The molecule has 0 saturated carbocycles. The van der Waals surface area contributed by atoms with Crippen molar-refractivity contribution in [3.63, 3.8) is 0 Å². The Morgan fingerprint density at radius 1 is 1.47 bits per heavy atom. The van der Waals surface area contributed by atoms with E-state index < -0.39 is 0 Å². The Morgan fingerprint density at radius 3 is 2.80 bits per heavy atom. The van der Waals surface area contributed by atoms with Crippen molar-refractivity contribution in [1.29, 1.82) is 0 Å². The minimum Gasteiger partial charge on any atom is -0.396 e. The van der Waals surface area contributed by atoms with Crippen molar-refractivity contribution in [2.75, 3.05) is 44.8 Å². The molecule has 0 aliphatic heterocycles. The SMILES string of the molecule is CCN(C)C(=O)CNCCSCCCO. The summed E-state index contributed by atoms with van der Waals surface area (Å²) in [5.74, 6) is 2.11. The van der Waals surface area contributed by atoms with E-state index in [0.717, 1.165) is 31.0 Å². The van der Waals surface area contributed by atoms with E-state index in [1.54, 1.807) is 23.7 Å². The lowest BCUT2D eigenvalue weighted by Gasteiger charge is -2.14. The van der Waals surface area contributed by atoms with Crippen LogP contribution < -0.4 is 5.32 Å². The highest BCUT2D eigenvalue weighted by Crippen LogP contribution is 1.99. The number of aliphatic hydroxyl groups excluding tert-OH is 1. The summed E-state index contributed by atoms with van der Waals surface area (Å²) in [6, 6.07) is 0. The molecule has 0 spiro atoms. The Morgan fingerprint density at radius 2 is 2.20 bits per heavy atom. The van der Waals surface area contributed by atoms with Gasteiger partial charge in [0.1, 0.15) is 0 Å². The van der Waals surface area contributed by atoms with Gasteiger partial charge in [0, 0.05) is 32.5 Å². The fourth-order valence-electron chi connectivity index (χ4n) is 0.920. The lowest BCUT2D eigenvalue weighted by molar-refractivity contribution is -0.128. The van der Waals surface area contributed by atoms with E-state index in [0.29, 0.717) is 6.54 Å². The molecule has 0 rings (SSSR count). The zero-order valence-corrected chi connectivity index (χ0v) is 10.5. The van der Waals surface area contributed by atoms with Gasteiger partial charge >= 0.3 is 0 Å². The maximum atomic E-state index is 11.3. The van der Waals surface area contributed by atoms with Crippen LogP contribution in [0.5, 0.6) is 0 Å². The first-order valence-corrected chi connectivity index (χ1v) is 6.51. The highest BCUT2D eigenvalue weighted by atomic mass is 32.2. The molecule has 0 aliphatic carbocycles. The van der Waals surface area contributed by atoms with Gasteiger partial charge in [-0.05, 0) is 19.1 Å². The van der Waals surface area contributed by atoms with Crippen LogP contribution in [0.15, 0.2) is 0 Å². The molecule has 0 saturated heterocycles. The van der Waals surface area contributed by atoms with Crippen LogP contribution in [-0.4, -0.2) is 60.7 Å². The summed E-state index contributed by atoms with van der Waals surface area (Å²) in [6.07, 6.45) is 0.849. The van der Waals surface area contributed by atoms with Crippen molar-refractivity contribution in [2.45, 2.75) is 13.3 Å². The summed E-state index contributed by atoms with van der Waals surface area (Å²) >= 11 is 1.80. The quantitative estimate of drug-likeness (QED) is 0.558. The Labute approximate surface area is 96.4 Å². The smallest absolute Gasteiger partial charge is 0.236 e. The van der Waals surface area contributed by atoms with Crippen LogP contribution in [0.2, 0.25) is 0 Å². The number of hydrogen-bond donors (Lipinski definition) is 2. The molecule has 0 aromatic rings. The number of nitrogens with zero attached hydrogens (tertiary/aromatic N) is 1. The van der Waals surface area contributed by atoms with Gasteiger partial charge in [0.05, 0.1) is 6.54 Å². The van der Waals surface area contributed by atoms with Crippen LogP contribution in [0, 0.1) is 0 Å². The van der Waals surface area contributed by atoms with Crippen LogP contribution in [0.3, 0.4) is 0 Å². The first kappa shape index (κ1) is 14.7. The summed E-state index contributed by atoms with van der Waals surface area (Å²) in [4.78, 5) is 13.0. The Balaban J connectivity index is 3.20. The number of carbonyl (C=O) groups is 1. The summed E-state index contributed by atoms with van der Waals surface area (Å²) in [5, 5.41) is 11.7. The third kappa shape index (κ3) is 8.72. The molecule has 90 valence electrons. The minimum atomic E-state index is 0.137. The van der Waals surface area contributed by atoms with E-state index in [9.17, 15) is 4.79 Å². The molecular formula is C10H22N2O2S. The largest absolute Gasteiger partial charge is 0.396 e. The molecule has 5 heteroatoms. The number of rotatable bonds is 9. The number of hydrogen-bond acceptors (Lipinski definition) is 4. The molecule has 0 fully saturated rings. The number of carbonyl (C=O) groups excluding carboxylic acids is 1. The van der Waals surface area contributed by atoms with Crippen molar-refractivity contribution in [3.05, 3.63) is 0 Å². The van der Waals surface area contributed by atoms with Gasteiger partial charge in [0.15, 0.2) is 0 Å². The molecule has 0 aromatic carbocycles. The van der Waals surface area contributed by atoms with Gasteiger partial charge in [-0.2, -0.15) is 11.8 Å². The van der Waals surface area contributed by atoms with E-state index in [1.165, 1.54) is 0 Å². The molecule has 0 unspecified atom stereocenters. The zero-order chi connectivity index (χ0) is 11.5. The average Bonchev–Trinajstić information content (AvgIpc) is 2.26. The van der Waals surface area contributed by atoms with E-state index in [1.807, 2.05) is 6.92 Å². The molecule has 4 nitrogen and oxygen atoms in total. The topological polar surface area (TPSA) is 52.6 Å². The third-order valence-corrected chi connectivity index (χ3v) is 3.12. The van der Waals surface area contributed by atoms with Gasteiger partial charge < -0.3 is 15.3 Å². The predicted octanol–water partition coefficient (Wildman–Crippen LogP) is 0.170. The number of nitrogens with one attached hydrogen (secondary N) is 1. The predicted molar refractivity (Wildman–Crippen MR) is 65.2 cm³/mol. The third-order valence-electron chi connectivity index (χ3n) is 2.05. The summed E-state index contributed by atoms with van der Waals surface area (Å²) < 4.78 is 0. The first-order chi connectivity index (χ1) is 7.22. The first-order valence-electron chi connectivity index (χ1n) is 5.35. The van der Waals surface area contributed by atoms with Gasteiger partial charge in [-0.15, -0.1) is 0 Å². The standard InChI is InChI=1S/C10H22N2O2S/c1-3-12(2)10(14)9-11-5-8-15-7-4-6-13/h11,13H,3-9H2,1-2H3. The summed E-state index contributed by atoms with van der Waals surface area (Å²) in [6.45, 7) is 4.25. The molecule has 1 amide bonds. The van der Waals surface area contributed by atoms with Gasteiger partial charge in [0.2, 0.25) is 5.91 Å². The normalized spacial score (nSPS) is 10.3. The second kappa shape index (κ2) is 10.3. The van der Waals surface area contributed by atoms with Crippen molar-refractivity contribution in [1.82, 2.24) is 10.2 Å². The molecule has 0 bridgehead atoms. The molecule has 15 heavy (non-hydrogen) atoms. The van der Waals surface area contributed by atoms with Crippen molar-refractivity contribution in [2.24, 2.45) is 0 Å². The minimum absolute atomic E-state index is 0.137. The molecule has 2 N–H and O–H groups in total. The molecule has 0 aliphatic rings. The Bertz CT molecular complexity index is 168. The second-order valence-corrected chi connectivity index (χ2v) is 4.50. The monoisotopic (exact) mass is 234 g/mol. The van der Waals surface area contributed by atoms with E-state index in [-0.39, 0.29) is 12.5 Å². The molecule has 0 heterocycles. The van der Waals surface area contributed by atoms with Crippen molar-refractivity contribution in [3.8, 4) is 0 Å². The highest BCUT2D eigenvalue weighted by molar-refractivity contribution is 7.99. The van der Waals surface area contributed by atoms with Gasteiger partial charge in [-0.1, -0.05) is 0 Å². The van der Waals surface area contributed by atoms with E-state index >= 15 is 0 Å². The number of likely N-dealkylation sites (N-methyl/N-ethyl adjacent to an activating group) is 1. The average molecular weight is 234 g/mol. The number of amides is 1. The summed E-state index contributed by atoms with van der Waals surface area (Å²) in [5.41, 5.74) is 0. The maximum Gasteiger partial charge on any atom is 0.236 e. The van der Waals surface area contributed by atoms with Crippen LogP contribution in [0.4, 0.5) is 0 Å². The fourth-order valence-corrected chi connectivity index (χ4v) is 1.75. The van der Waals surface area contributed by atoms with Crippen LogP contribution in [0.1, 0.15) is 13.3 Å². The van der Waals surface area contributed by atoms with Crippen LogP contribution in [-0.2, 0) is 4.79 Å². The molecule has 0 atom stereocenters. The summed E-state index contributed by atoms with van der Waals surface area (Å²) in [7, 11) is 1.81. The molecular weight excluding hydrogens is 212 g/mol. The second-order valence-electron chi connectivity index (χ2n) is 3.27. The van der Waals surface area contributed by atoms with Crippen LogP contribution in [0.25, 0.3) is 0 Å². The van der Waals surface area contributed by atoms with E-state index in [2.05, 4.69) is 5.32 Å². The number of thioether (sulfide) groups is 1. The highest BCUT2D eigenvalue weighted by Gasteiger charge is 2.04. The molecule has 0 aromatic heterocycles. The van der Waals surface area contributed by atoms with E-state index in [4.69, 9.17) is 5.11 Å². The van der Waals surface area contributed by atoms with Gasteiger partial charge in [-0.3, -0.25) is 4.79 Å². The van der Waals surface area contributed by atoms with Gasteiger partial charge in [0.25, 0.3) is 0 Å².